The molecular formula is C15H14N2O4. The van der Waals surface area contributed by atoms with Crippen molar-refractivity contribution < 1.29 is 23.9 Å². The molecule has 1 aromatic heterocycles. The van der Waals surface area contributed by atoms with E-state index in [9.17, 15) is 14.7 Å². The summed E-state index contributed by atoms with van der Waals surface area (Å²) in [7, 11) is 0. The first-order valence-electron chi connectivity index (χ1n) is 6.30. The molecule has 0 aliphatic rings. The number of hydrogen-bond acceptors (Lipinski definition) is 5. The first kappa shape index (κ1) is 14.6. The van der Waals surface area contributed by atoms with E-state index in [1.165, 1.54) is 24.6 Å². The van der Waals surface area contributed by atoms with Gasteiger partial charge in [0.05, 0.1) is 10.8 Å². The molecular weight excluding hydrogens is 272 g/mol. The summed E-state index contributed by atoms with van der Waals surface area (Å²) >= 11 is 0. The highest BCUT2D eigenvalue weighted by Gasteiger charge is 2.21. The lowest BCUT2D eigenvalue weighted by Crippen LogP contribution is -2.35. The molecule has 0 fully saturated rings. The molecule has 6 heteroatoms. The molecule has 2 aromatic rings. The maximum atomic E-state index is 11.7. The summed E-state index contributed by atoms with van der Waals surface area (Å²) in [5, 5.41) is 15.4. The second-order valence-electron chi connectivity index (χ2n) is 4.66. The highest BCUT2D eigenvalue weighted by atomic mass is 16.6. The summed E-state index contributed by atoms with van der Waals surface area (Å²) in [5.41, 5.74) is 1.61. The zero-order valence-electron chi connectivity index (χ0n) is 11.9. The molecule has 0 unspecified atom stereocenters. The fourth-order valence-corrected chi connectivity index (χ4v) is 1.84. The van der Waals surface area contributed by atoms with Gasteiger partial charge >= 0.3 is 0 Å². The molecule has 0 saturated carbocycles. The van der Waals surface area contributed by atoms with Crippen LogP contribution in [0.4, 0.5) is 0 Å². The van der Waals surface area contributed by atoms with Crippen molar-refractivity contribution >= 4 is 17.6 Å². The lowest BCUT2D eigenvalue weighted by Gasteiger charge is -1.98. The maximum Gasteiger partial charge on any atom is 0.264 e. The summed E-state index contributed by atoms with van der Waals surface area (Å²) in [5.74, 6) is -1.55. The molecule has 2 rings (SSSR count). The van der Waals surface area contributed by atoms with Crippen molar-refractivity contribution in [3.05, 3.63) is 41.1 Å². The molecule has 1 aromatic carbocycles. The Morgan fingerprint density at radius 3 is 2.29 bits per heavy atom. The van der Waals surface area contributed by atoms with E-state index in [0.717, 1.165) is 5.56 Å². The van der Waals surface area contributed by atoms with Gasteiger partial charge < -0.3 is 9.63 Å². The molecule has 0 saturated heterocycles. The Balaban J connectivity index is 2.57. The summed E-state index contributed by atoms with van der Waals surface area (Å²) in [6, 6.07) is 7.23. The zero-order valence-corrected chi connectivity index (χ0v) is 11.9. The minimum atomic E-state index is -0.712. The number of aryl methyl sites for hydroxylation is 1. The average Bonchev–Trinajstić information content (AvgIpc) is 2.77. The number of carbonyl (C=O) groups excluding carboxylic acids is 2. The molecule has 0 spiro atoms. The third-order valence-corrected chi connectivity index (χ3v) is 2.96. The van der Waals surface area contributed by atoms with Gasteiger partial charge in [-0.25, -0.2) is 0 Å². The van der Waals surface area contributed by atoms with Crippen LogP contribution >= 0.6 is 0 Å². The van der Waals surface area contributed by atoms with Crippen LogP contribution in [0.3, 0.4) is 0 Å². The van der Waals surface area contributed by atoms with Gasteiger partial charge in [-0.15, -0.1) is 0 Å². The Labute approximate surface area is 121 Å². The van der Waals surface area contributed by atoms with Gasteiger partial charge in [0.25, 0.3) is 5.69 Å². The number of carbonyl (C=O) groups is 2. The van der Waals surface area contributed by atoms with Crippen molar-refractivity contribution in [2.75, 3.05) is 0 Å². The summed E-state index contributed by atoms with van der Waals surface area (Å²) in [4.78, 5) is 22.9. The number of hydrogen-bond donors (Lipinski definition) is 0. The van der Waals surface area contributed by atoms with Crippen molar-refractivity contribution in [3.63, 3.8) is 0 Å². The molecule has 1 heterocycles. The van der Waals surface area contributed by atoms with Crippen LogP contribution in [-0.4, -0.2) is 16.8 Å². The SMILES string of the molecule is CC(=O)C(=Cc1c([O-])on[n+]1-c1ccc(C)cc1)C(C)=O. The normalized spacial score (nSPS) is 10.2. The van der Waals surface area contributed by atoms with Crippen molar-refractivity contribution in [2.45, 2.75) is 20.8 Å². The molecule has 0 aliphatic heterocycles. The van der Waals surface area contributed by atoms with Crippen LogP contribution in [0.1, 0.15) is 25.1 Å². The highest BCUT2D eigenvalue weighted by Crippen LogP contribution is 2.15. The summed E-state index contributed by atoms with van der Waals surface area (Å²) in [6.45, 7) is 4.46. The fraction of sp³-hybridized carbons (Fsp3) is 0.200. The van der Waals surface area contributed by atoms with Gasteiger partial charge in [0.15, 0.2) is 17.5 Å². The van der Waals surface area contributed by atoms with Gasteiger partial charge in [0, 0.05) is 18.2 Å². The van der Waals surface area contributed by atoms with Gasteiger partial charge in [-0.05, 0) is 25.5 Å². The smallest absolute Gasteiger partial charge is 0.264 e. The van der Waals surface area contributed by atoms with E-state index in [4.69, 9.17) is 0 Å². The van der Waals surface area contributed by atoms with Crippen LogP contribution in [0.15, 0.2) is 34.4 Å². The minimum absolute atomic E-state index is 0.0271. The lowest BCUT2D eigenvalue weighted by molar-refractivity contribution is -0.672. The monoisotopic (exact) mass is 286 g/mol. The van der Waals surface area contributed by atoms with Crippen molar-refractivity contribution in [2.24, 2.45) is 0 Å². The largest absolute Gasteiger partial charge is 0.539 e. The Bertz CT molecular complexity index is 711. The van der Waals surface area contributed by atoms with Gasteiger partial charge in [-0.1, -0.05) is 17.7 Å². The van der Waals surface area contributed by atoms with E-state index in [0.29, 0.717) is 5.69 Å². The molecule has 0 amide bonds. The van der Waals surface area contributed by atoms with Gasteiger partial charge in [-0.3, -0.25) is 9.59 Å². The van der Waals surface area contributed by atoms with E-state index in [1.54, 1.807) is 12.1 Å². The van der Waals surface area contributed by atoms with Crippen molar-refractivity contribution in [3.8, 4) is 11.6 Å². The van der Waals surface area contributed by atoms with Crippen molar-refractivity contribution in [1.82, 2.24) is 5.27 Å². The van der Waals surface area contributed by atoms with E-state index >= 15 is 0 Å². The first-order valence-corrected chi connectivity index (χ1v) is 6.30. The Hall–Kier alpha value is -2.76. The van der Waals surface area contributed by atoms with Crippen LogP contribution in [0.25, 0.3) is 11.8 Å². The number of allylic oxidation sites excluding steroid dienone is 1. The molecule has 6 nitrogen and oxygen atoms in total. The fourth-order valence-electron chi connectivity index (χ4n) is 1.84. The topological polar surface area (TPSA) is 87.1 Å². The number of Topliss-reactive ketones (excluding diaryl/α,β-unsaturated/α-hetero) is 2. The quantitative estimate of drug-likeness (QED) is 0.360. The van der Waals surface area contributed by atoms with Crippen LogP contribution in [0, 0.1) is 6.92 Å². The standard InChI is InChI=1S/C15H14N2O4/c1-9-4-6-12(7-5-9)17-14(15(20)21-16-17)8-13(10(2)18)11(3)19/h4-8H,1-3H3. The average molecular weight is 286 g/mol. The van der Waals surface area contributed by atoms with Crippen LogP contribution in [-0.2, 0) is 9.59 Å². The van der Waals surface area contributed by atoms with Crippen LogP contribution in [0.2, 0.25) is 0 Å². The number of rotatable bonds is 4. The third-order valence-electron chi connectivity index (χ3n) is 2.96. The Morgan fingerprint density at radius 2 is 1.76 bits per heavy atom. The van der Waals surface area contributed by atoms with E-state index < -0.39 is 17.5 Å². The van der Waals surface area contributed by atoms with Gasteiger partial charge in [-0.2, -0.15) is 0 Å². The number of ketones is 2. The zero-order chi connectivity index (χ0) is 15.6. The lowest BCUT2D eigenvalue weighted by atomic mass is 10.1. The molecule has 0 bridgehead atoms. The summed E-state index contributed by atoms with van der Waals surface area (Å²) < 4.78 is 5.89. The molecule has 0 aliphatic carbocycles. The molecule has 0 atom stereocenters. The molecule has 0 N–H and O–H groups in total. The number of nitrogens with zero attached hydrogens (tertiary/aromatic N) is 2. The second-order valence-corrected chi connectivity index (χ2v) is 4.66. The summed E-state index contributed by atoms with van der Waals surface area (Å²) in [6.07, 6.45) is 1.21. The van der Waals surface area contributed by atoms with Crippen molar-refractivity contribution in [1.29, 1.82) is 0 Å². The highest BCUT2D eigenvalue weighted by molar-refractivity contribution is 6.21. The molecule has 0 radical (unpaired) electrons. The third kappa shape index (κ3) is 3.05. The van der Waals surface area contributed by atoms with Crippen LogP contribution < -0.4 is 9.79 Å². The van der Waals surface area contributed by atoms with Gasteiger partial charge in [0.2, 0.25) is 5.69 Å². The number of aromatic nitrogens is 2. The minimum Gasteiger partial charge on any atom is -0.539 e. The van der Waals surface area contributed by atoms with Gasteiger partial charge in [0.1, 0.15) is 0 Å². The van der Waals surface area contributed by atoms with E-state index in [2.05, 4.69) is 9.79 Å². The maximum absolute atomic E-state index is 11.7. The van der Waals surface area contributed by atoms with E-state index in [-0.39, 0.29) is 11.3 Å². The van der Waals surface area contributed by atoms with E-state index in [1.807, 2.05) is 19.1 Å². The molecule has 108 valence electrons. The predicted octanol–water partition coefficient (Wildman–Crippen LogP) is 0.895. The predicted molar refractivity (Wildman–Crippen MR) is 71.6 cm³/mol. The Morgan fingerprint density at radius 1 is 1.19 bits per heavy atom. The first-order chi connectivity index (χ1) is 9.90. The Kier molecular flexibility index (Phi) is 3.98. The number of benzene rings is 1. The second kappa shape index (κ2) is 5.70. The molecule has 21 heavy (non-hydrogen) atoms. The van der Waals surface area contributed by atoms with Crippen LogP contribution in [0.5, 0.6) is 5.95 Å².